The van der Waals surface area contributed by atoms with E-state index in [1.807, 2.05) is 29.8 Å². The Morgan fingerprint density at radius 3 is 3.00 bits per heavy atom. The third-order valence-corrected chi connectivity index (χ3v) is 4.59. The van der Waals surface area contributed by atoms with Crippen LogP contribution in [-0.4, -0.2) is 15.9 Å². The molecule has 0 bridgehead atoms. The summed E-state index contributed by atoms with van der Waals surface area (Å²) in [5.74, 6) is 0. The second kappa shape index (κ2) is 6.60. The van der Waals surface area contributed by atoms with Gasteiger partial charge in [0.25, 0.3) is 0 Å². The molecule has 0 aliphatic rings. The number of hydrogen-bond acceptors (Lipinski definition) is 3. The standard InChI is InChI=1S/C16H18ClN3S/c1-2-7-18-15(13-5-3-4-6-14(13)17)10-12-11-20-8-9-21-16(20)19-12/h3-6,8-9,11,15,18H,2,7,10H2,1H3. The van der Waals surface area contributed by atoms with E-state index >= 15 is 0 Å². The number of nitrogens with zero attached hydrogens (tertiary/aromatic N) is 2. The highest BCUT2D eigenvalue weighted by atomic mass is 35.5. The molecule has 1 aromatic carbocycles. The topological polar surface area (TPSA) is 29.3 Å². The average molecular weight is 320 g/mol. The first kappa shape index (κ1) is 14.6. The Kier molecular flexibility index (Phi) is 4.58. The molecule has 3 aromatic rings. The number of imidazole rings is 1. The van der Waals surface area contributed by atoms with Gasteiger partial charge in [0.1, 0.15) is 0 Å². The molecule has 3 nitrogen and oxygen atoms in total. The summed E-state index contributed by atoms with van der Waals surface area (Å²) in [5.41, 5.74) is 2.24. The van der Waals surface area contributed by atoms with Gasteiger partial charge in [0.2, 0.25) is 0 Å². The minimum Gasteiger partial charge on any atom is -0.310 e. The molecule has 110 valence electrons. The number of halogens is 1. The normalized spacial score (nSPS) is 12.9. The summed E-state index contributed by atoms with van der Waals surface area (Å²) in [6.45, 7) is 3.14. The van der Waals surface area contributed by atoms with Gasteiger partial charge in [-0.1, -0.05) is 36.7 Å². The lowest BCUT2D eigenvalue weighted by Gasteiger charge is -2.19. The summed E-state index contributed by atoms with van der Waals surface area (Å²) in [6.07, 6.45) is 6.08. The highest BCUT2D eigenvalue weighted by molar-refractivity contribution is 7.15. The Morgan fingerprint density at radius 1 is 1.38 bits per heavy atom. The van der Waals surface area contributed by atoms with Crippen molar-refractivity contribution in [1.82, 2.24) is 14.7 Å². The van der Waals surface area contributed by atoms with Crippen LogP contribution in [-0.2, 0) is 6.42 Å². The largest absolute Gasteiger partial charge is 0.310 e. The second-order valence-corrected chi connectivity index (χ2v) is 6.34. The fourth-order valence-corrected chi connectivity index (χ4v) is 3.44. The number of rotatable bonds is 6. The zero-order valence-electron chi connectivity index (χ0n) is 11.9. The van der Waals surface area contributed by atoms with E-state index in [0.29, 0.717) is 0 Å². The van der Waals surface area contributed by atoms with E-state index < -0.39 is 0 Å². The van der Waals surface area contributed by atoms with Gasteiger partial charge in [0.05, 0.1) is 5.69 Å². The number of hydrogen-bond donors (Lipinski definition) is 1. The summed E-state index contributed by atoms with van der Waals surface area (Å²) in [7, 11) is 0. The summed E-state index contributed by atoms with van der Waals surface area (Å²) >= 11 is 8.02. The van der Waals surface area contributed by atoms with E-state index in [1.54, 1.807) is 11.3 Å². The Hall–Kier alpha value is -1.36. The lowest BCUT2D eigenvalue weighted by molar-refractivity contribution is 0.525. The zero-order chi connectivity index (χ0) is 14.7. The van der Waals surface area contributed by atoms with Crippen LogP contribution in [0.2, 0.25) is 5.02 Å². The van der Waals surface area contributed by atoms with Crippen LogP contribution in [0.5, 0.6) is 0 Å². The van der Waals surface area contributed by atoms with Crippen molar-refractivity contribution in [2.75, 3.05) is 6.54 Å². The van der Waals surface area contributed by atoms with Gasteiger partial charge in [0, 0.05) is 35.3 Å². The molecule has 21 heavy (non-hydrogen) atoms. The number of fused-ring (bicyclic) bond motifs is 1. The highest BCUT2D eigenvalue weighted by Crippen LogP contribution is 2.26. The lowest BCUT2D eigenvalue weighted by atomic mass is 10.0. The molecule has 1 unspecified atom stereocenters. The van der Waals surface area contributed by atoms with Crippen molar-refractivity contribution in [3.05, 3.63) is 58.3 Å². The predicted octanol–water partition coefficient (Wildman–Crippen LogP) is 4.33. The molecule has 0 saturated carbocycles. The molecule has 2 aromatic heterocycles. The maximum absolute atomic E-state index is 6.36. The van der Waals surface area contributed by atoms with Gasteiger partial charge in [-0.05, 0) is 24.6 Å². The molecule has 5 heteroatoms. The van der Waals surface area contributed by atoms with Crippen LogP contribution < -0.4 is 5.32 Å². The molecule has 3 rings (SSSR count). The first-order chi connectivity index (χ1) is 10.3. The van der Waals surface area contributed by atoms with Gasteiger partial charge in [0.15, 0.2) is 4.96 Å². The van der Waals surface area contributed by atoms with Crippen molar-refractivity contribution in [2.24, 2.45) is 0 Å². The van der Waals surface area contributed by atoms with Crippen LogP contribution in [0.4, 0.5) is 0 Å². The molecule has 0 fully saturated rings. The average Bonchev–Trinajstić information content (AvgIpc) is 3.05. The van der Waals surface area contributed by atoms with Gasteiger partial charge in [-0.2, -0.15) is 0 Å². The van der Waals surface area contributed by atoms with Crippen molar-refractivity contribution in [2.45, 2.75) is 25.8 Å². The Labute approximate surface area is 133 Å². The minimum atomic E-state index is 0.197. The Balaban J connectivity index is 1.85. The molecule has 0 saturated heterocycles. The third kappa shape index (κ3) is 3.28. The van der Waals surface area contributed by atoms with E-state index in [4.69, 9.17) is 11.6 Å². The minimum absolute atomic E-state index is 0.197. The summed E-state index contributed by atoms with van der Waals surface area (Å²) in [4.78, 5) is 5.71. The van der Waals surface area contributed by atoms with Crippen LogP contribution in [0.25, 0.3) is 4.96 Å². The zero-order valence-corrected chi connectivity index (χ0v) is 13.5. The van der Waals surface area contributed by atoms with Crippen LogP contribution in [0.1, 0.15) is 30.6 Å². The fourth-order valence-electron chi connectivity index (χ4n) is 2.45. The van der Waals surface area contributed by atoms with Gasteiger partial charge in [-0.25, -0.2) is 4.98 Å². The Morgan fingerprint density at radius 2 is 2.24 bits per heavy atom. The quantitative estimate of drug-likeness (QED) is 0.732. The van der Waals surface area contributed by atoms with Crippen LogP contribution in [0.3, 0.4) is 0 Å². The number of thiazole rings is 1. The molecule has 0 spiro atoms. The van der Waals surface area contributed by atoms with Crippen LogP contribution in [0.15, 0.2) is 42.0 Å². The van der Waals surface area contributed by atoms with Crippen LogP contribution in [0, 0.1) is 0 Å². The van der Waals surface area contributed by atoms with Gasteiger partial charge < -0.3 is 5.32 Å². The maximum Gasteiger partial charge on any atom is 0.193 e. The number of nitrogens with one attached hydrogen (secondary N) is 1. The van der Waals surface area contributed by atoms with Crippen molar-refractivity contribution in [1.29, 1.82) is 0 Å². The molecule has 0 amide bonds. The molecule has 2 heterocycles. The van der Waals surface area contributed by atoms with Crippen molar-refractivity contribution in [3.8, 4) is 0 Å². The van der Waals surface area contributed by atoms with Crippen molar-refractivity contribution >= 4 is 27.9 Å². The van der Waals surface area contributed by atoms with Crippen molar-refractivity contribution in [3.63, 3.8) is 0 Å². The molecular formula is C16H18ClN3S. The molecular weight excluding hydrogens is 302 g/mol. The predicted molar refractivity (Wildman–Crippen MR) is 89.3 cm³/mol. The van der Waals surface area contributed by atoms with E-state index in [9.17, 15) is 0 Å². The summed E-state index contributed by atoms with van der Waals surface area (Å²) in [6, 6.07) is 8.24. The first-order valence-electron chi connectivity index (χ1n) is 7.17. The third-order valence-electron chi connectivity index (χ3n) is 3.48. The monoisotopic (exact) mass is 319 g/mol. The van der Waals surface area contributed by atoms with E-state index in [-0.39, 0.29) is 6.04 Å². The number of aromatic nitrogens is 2. The number of benzene rings is 1. The van der Waals surface area contributed by atoms with Gasteiger partial charge in [-0.3, -0.25) is 4.40 Å². The Bertz CT molecular complexity index is 690. The molecule has 1 atom stereocenters. The summed E-state index contributed by atoms with van der Waals surface area (Å²) < 4.78 is 2.07. The molecule has 0 aliphatic heterocycles. The van der Waals surface area contributed by atoms with Gasteiger partial charge in [-0.15, -0.1) is 11.3 Å². The highest BCUT2D eigenvalue weighted by Gasteiger charge is 2.16. The van der Waals surface area contributed by atoms with Gasteiger partial charge >= 0.3 is 0 Å². The fraction of sp³-hybridized carbons (Fsp3) is 0.312. The molecule has 0 radical (unpaired) electrons. The smallest absolute Gasteiger partial charge is 0.193 e. The van der Waals surface area contributed by atoms with E-state index in [2.05, 4.69) is 33.9 Å². The summed E-state index contributed by atoms with van der Waals surface area (Å²) in [5, 5.41) is 6.44. The maximum atomic E-state index is 6.36. The van der Waals surface area contributed by atoms with Crippen LogP contribution >= 0.6 is 22.9 Å². The second-order valence-electron chi connectivity index (χ2n) is 5.06. The molecule has 1 N–H and O–H groups in total. The van der Waals surface area contributed by atoms with Crippen molar-refractivity contribution < 1.29 is 0 Å². The van der Waals surface area contributed by atoms with E-state index in [1.165, 1.54) is 0 Å². The van der Waals surface area contributed by atoms with E-state index in [0.717, 1.165) is 40.6 Å². The SMILES string of the molecule is CCCNC(Cc1cn2ccsc2n1)c1ccccc1Cl. The lowest BCUT2D eigenvalue weighted by Crippen LogP contribution is -2.24. The first-order valence-corrected chi connectivity index (χ1v) is 8.42. The molecule has 0 aliphatic carbocycles.